The molecule has 5 nitrogen and oxygen atoms in total. The van der Waals surface area contributed by atoms with Crippen molar-refractivity contribution >= 4 is 11.7 Å². The van der Waals surface area contributed by atoms with Crippen molar-refractivity contribution in [2.75, 3.05) is 14.1 Å². The Morgan fingerprint density at radius 3 is 2.42 bits per heavy atom. The zero-order chi connectivity index (χ0) is 19.3. The summed E-state index contributed by atoms with van der Waals surface area (Å²) in [5.41, 5.74) is -1.07. The Labute approximate surface area is 148 Å². The van der Waals surface area contributed by atoms with Crippen LogP contribution in [-0.2, 0) is 10.4 Å². The maximum atomic E-state index is 13.0. The number of hydrogen-bond acceptors (Lipinski definition) is 3. The summed E-state index contributed by atoms with van der Waals surface area (Å²) >= 11 is 0. The van der Waals surface area contributed by atoms with Crippen molar-refractivity contribution in [2.45, 2.75) is 25.1 Å². The number of rotatable bonds is 3. The Morgan fingerprint density at radius 1 is 1.15 bits per heavy atom. The molecule has 1 unspecified atom stereocenters. The lowest BCUT2D eigenvalue weighted by Crippen LogP contribution is -2.41. The lowest BCUT2D eigenvalue weighted by Gasteiger charge is -2.37. The quantitative estimate of drug-likeness (QED) is 0.783. The number of benzene rings is 1. The molecule has 0 fully saturated rings. The number of fused-ring (bicyclic) bond motifs is 3. The number of carbonyl (C=O) groups excluding carboxylic acids is 2. The third-order valence-electron chi connectivity index (χ3n) is 4.34. The highest BCUT2D eigenvalue weighted by Gasteiger charge is 2.46. The van der Waals surface area contributed by atoms with Gasteiger partial charge in [-0.2, -0.15) is 13.2 Å². The summed E-state index contributed by atoms with van der Waals surface area (Å²) < 4.78 is 46.3. The lowest BCUT2D eigenvalue weighted by atomic mass is 9.95. The first kappa shape index (κ1) is 18.0. The Hall–Kier alpha value is -2.77. The SMILES string of the molecule is CN(C)C(=O)CC1(C)Oc2ccccc2-n2c(C(=O)C(F)(F)F)ccc21. The Bertz CT molecular complexity index is 886. The predicted molar refractivity (Wildman–Crippen MR) is 87.4 cm³/mol. The van der Waals surface area contributed by atoms with Crippen LogP contribution in [0.3, 0.4) is 0 Å². The Kier molecular flexibility index (Phi) is 4.09. The first-order valence-electron chi connectivity index (χ1n) is 7.87. The van der Waals surface area contributed by atoms with Crippen molar-refractivity contribution in [3.63, 3.8) is 0 Å². The van der Waals surface area contributed by atoms with E-state index < -0.39 is 23.3 Å². The first-order valence-corrected chi connectivity index (χ1v) is 7.87. The van der Waals surface area contributed by atoms with E-state index in [0.29, 0.717) is 17.1 Å². The van der Waals surface area contributed by atoms with E-state index in [9.17, 15) is 22.8 Å². The van der Waals surface area contributed by atoms with Gasteiger partial charge in [-0.15, -0.1) is 0 Å². The van der Waals surface area contributed by atoms with Gasteiger partial charge in [0.15, 0.2) is 5.60 Å². The van der Waals surface area contributed by atoms with Gasteiger partial charge in [0, 0.05) is 14.1 Å². The summed E-state index contributed by atoms with van der Waals surface area (Å²) in [5.74, 6) is -1.88. The molecule has 1 aliphatic heterocycles. The molecular weight excluding hydrogens is 349 g/mol. The van der Waals surface area contributed by atoms with Crippen molar-refractivity contribution in [1.29, 1.82) is 0 Å². The highest BCUT2D eigenvalue weighted by atomic mass is 19.4. The fraction of sp³-hybridized carbons (Fsp3) is 0.333. The van der Waals surface area contributed by atoms with E-state index in [2.05, 4.69) is 0 Å². The van der Waals surface area contributed by atoms with Gasteiger partial charge in [-0.25, -0.2) is 0 Å². The van der Waals surface area contributed by atoms with Crippen molar-refractivity contribution in [2.24, 2.45) is 0 Å². The molecule has 1 aliphatic rings. The Balaban J connectivity index is 2.19. The van der Waals surface area contributed by atoms with E-state index in [1.165, 1.54) is 15.5 Å². The number of halogens is 3. The molecule has 1 amide bonds. The van der Waals surface area contributed by atoms with Crippen molar-refractivity contribution in [3.05, 3.63) is 47.8 Å². The fourth-order valence-corrected chi connectivity index (χ4v) is 3.03. The topological polar surface area (TPSA) is 51.5 Å². The monoisotopic (exact) mass is 366 g/mol. The maximum absolute atomic E-state index is 13.0. The largest absolute Gasteiger partial charge is 0.479 e. The molecule has 2 heterocycles. The predicted octanol–water partition coefficient (Wildman–Crippen LogP) is 3.31. The van der Waals surface area contributed by atoms with Crippen LogP contribution in [-0.4, -0.2) is 41.4 Å². The molecule has 0 N–H and O–H groups in total. The van der Waals surface area contributed by atoms with Crippen molar-refractivity contribution < 1.29 is 27.5 Å². The average Bonchev–Trinajstić information content (AvgIpc) is 2.99. The van der Waals surface area contributed by atoms with Crippen molar-refractivity contribution in [1.82, 2.24) is 9.47 Å². The minimum Gasteiger partial charge on any atom is -0.479 e. The van der Waals surface area contributed by atoms with Gasteiger partial charge in [0.25, 0.3) is 5.78 Å². The molecule has 1 aromatic carbocycles. The molecule has 0 saturated carbocycles. The normalized spacial score (nSPS) is 18.5. The lowest BCUT2D eigenvalue weighted by molar-refractivity contribution is -0.133. The van der Waals surface area contributed by atoms with Gasteiger partial charge < -0.3 is 14.2 Å². The van der Waals surface area contributed by atoms with E-state index in [1.807, 2.05) is 0 Å². The first-order chi connectivity index (χ1) is 12.0. The minimum absolute atomic E-state index is 0.0853. The molecule has 0 bridgehead atoms. The van der Waals surface area contributed by atoms with E-state index in [1.54, 1.807) is 45.3 Å². The summed E-state index contributed by atoms with van der Waals surface area (Å²) in [7, 11) is 3.17. The van der Waals surface area contributed by atoms with E-state index in [4.69, 9.17) is 4.74 Å². The van der Waals surface area contributed by atoms with Crippen LogP contribution in [0.1, 0.15) is 29.5 Å². The number of amides is 1. The van der Waals surface area contributed by atoms with Crippen LogP contribution >= 0.6 is 0 Å². The average molecular weight is 366 g/mol. The number of alkyl halides is 3. The highest BCUT2D eigenvalue weighted by Crippen LogP contribution is 2.43. The summed E-state index contributed by atoms with van der Waals surface area (Å²) in [5, 5.41) is 0. The number of ketones is 1. The van der Waals surface area contributed by atoms with Crippen LogP contribution in [0.15, 0.2) is 36.4 Å². The smallest absolute Gasteiger partial charge is 0.456 e. The summed E-state index contributed by atoms with van der Waals surface area (Å²) in [6.07, 6.45) is -5.09. The van der Waals surface area contributed by atoms with Gasteiger partial charge in [-0.1, -0.05) is 12.1 Å². The standard InChI is InChI=1S/C18H17F3N2O3/c1-17(10-15(24)22(2)3)14-9-8-12(16(25)18(19,20)21)23(14)11-6-4-5-7-13(11)26-17/h4-9H,10H2,1-3H3. The van der Waals surface area contributed by atoms with Crippen LogP contribution in [0.25, 0.3) is 5.69 Å². The molecule has 0 radical (unpaired) electrons. The van der Waals surface area contributed by atoms with Crippen molar-refractivity contribution in [3.8, 4) is 11.4 Å². The van der Waals surface area contributed by atoms with E-state index >= 15 is 0 Å². The number of aromatic nitrogens is 1. The van der Waals surface area contributed by atoms with Crippen LogP contribution in [0, 0.1) is 0 Å². The number of carbonyl (C=O) groups is 2. The van der Waals surface area contributed by atoms with Gasteiger partial charge in [0.1, 0.15) is 5.75 Å². The Morgan fingerprint density at radius 2 is 1.81 bits per heavy atom. The highest BCUT2D eigenvalue weighted by molar-refractivity contribution is 6.00. The zero-order valence-electron chi connectivity index (χ0n) is 14.4. The summed E-state index contributed by atoms with van der Waals surface area (Å²) in [6, 6.07) is 9.00. The van der Waals surface area contributed by atoms with E-state index in [0.717, 1.165) is 6.07 Å². The molecule has 26 heavy (non-hydrogen) atoms. The molecule has 1 aromatic heterocycles. The van der Waals surface area contributed by atoms with Gasteiger partial charge in [0.2, 0.25) is 5.91 Å². The molecular formula is C18H17F3N2O3. The number of para-hydroxylation sites is 2. The van der Waals surface area contributed by atoms with E-state index in [-0.39, 0.29) is 12.3 Å². The second-order valence-corrected chi connectivity index (χ2v) is 6.53. The number of nitrogens with zero attached hydrogens (tertiary/aromatic N) is 2. The molecule has 2 aromatic rings. The van der Waals surface area contributed by atoms with Crippen LogP contribution in [0.5, 0.6) is 5.75 Å². The van der Waals surface area contributed by atoms with Gasteiger partial charge in [-0.3, -0.25) is 9.59 Å². The fourth-order valence-electron chi connectivity index (χ4n) is 3.03. The van der Waals surface area contributed by atoms with Crippen LogP contribution in [0.4, 0.5) is 13.2 Å². The van der Waals surface area contributed by atoms with Gasteiger partial charge in [-0.05, 0) is 31.2 Å². The zero-order valence-corrected chi connectivity index (χ0v) is 14.4. The number of ether oxygens (including phenoxy) is 1. The third-order valence-corrected chi connectivity index (χ3v) is 4.34. The molecule has 3 rings (SSSR count). The maximum Gasteiger partial charge on any atom is 0.456 e. The van der Waals surface area contributed by atoms with Gasteiger partial charge in [0.05, 0.1) is 23.5 Å². The minimum atomic E-state index is -5.00. The second-order valence-electron chi connectivity index (χ2n) is 6.53. The molecule has 8 heteroatoms. The van der Waals surface area contributed by atoms with Crippen LogP contribution < -0.4 is 4.74 Å². The number of hydrogen-bond donors (Lipinski definition) is 0. The second kappa shape index (κ2) is 5.89. The summed E-state index contributed by atoms with van der Waals surface area (Å²) in [6.45, 7) is 1.62. The summed E-state index contributed by atoms with van der Waals surface area (Å²) in [4.78, 5) is 25.5. The molecule has 0 spiro atoms. The third kappa shape index (κ3) is 2.85. The van der Waals surface area contributed by atoms with Gasteiger partial charge >= 0.3 is 6.18 Å². The molecule has 0 aliphatic carbocycles. The molecule has 1 atom stereocenters. The van der Waals surface area contributed by atoms with Crippen LogP contribution in [0.2, 0.25) is 0 Å². The molecule has 138 valence electrons. The molecule has 0 saturated heterocycles. The number of Topliss-reactive ketones (excluding diaryl/α,β-unsaturated/α-hetero) is 1.